The number of nitrogens with two attached hydrogens (primary N) is 1. The van der Waals surface area contributed by atoms with Gasteiger partial charge in [0.05, 0.1) is 12.8 Å². The van der Waals surface area contributed by atoms with Gasteiger partial charge in [-0.3, -0.25) is 4.21 Å². The fraction of sp³-hybridized carbons (Fsp3) is 0.250. The van der Waals surface area contributed by atoms with Crippen LogP contribution in [0.4, 0.5) is 5.69 Å². The third kappa shape index (κ3) is 2.71. The summed E-state index contributed by atoms with van der Waals surface area (Å²) < 4.78 is 25.7. The standard InChI is InChI=1S/C8H11NO3S/c1-12-8-4-6(5-13(10)11)2-3-7(8)9/h2-4H,5,9H2,1H3,(H,10,11)/p-1. The molecule has 0 aliphatic heterocycles. The molecular weight excluding hydrogens is 190 g/mol. The molecule has 1 aromatic carbocycles. The Morgan fingerprint density at radius 1 is 1.62 bits per heavy atom. The van der Waals surface area contributed by atoms with Crippen LogP contribution < -0.4 is 10.5 Å². The van der Waals surface area contributed by atoms with Crippen LogP contribution in [-0.4, -0.2) is 15.9 Å². The van der Waals surface area contributed by atoms with E-state index in [-0.39, 0.29) is 5.75 Å². The second-order valence-electron chi connectivity index (χ2n) is 2.52. The Morgan fingerprint density at radius 2 is 2.31 bits per heavy atom. The van der Waals surface area contributed by atoms with Gasteiger partial charge in [-0.15, -0.1) is 0 Å². The van der Waals surface area contributed by atoms with Gasteiger partial charge in [0.2, 0.25) is 0 Å². The molecule has 0 heterocycles. The zero-order valence-electron chi connectivity index (χ0n) is 7.15. The van der Waals surface area contributed by atoms with E-state index in [1.807, 2.05) is 0 Å². The number of nitrogen functional groups attached to an aromatic ring is 1. The lowest BCUT2D eigenvalue weighted by Gasteiger charge is -2.08. The average Bonchev–Trinajstić information content (AvgIpc) is 2.07. The van der Waals surface area contributed by atoms with E-state index in [9.17, 15) is 8.76 Å². The molecule has 1 rings (SSSR count). The fourth-order valence-corrected chi connectivity index (χ4v) is 1.43. The lowest BCUT2D eigenvalue weighted by Crippen LogP contribution is -1.97. The Morgan fingerprint density at radius 3 is 2.85 bits per heavy atom. The number of ether oxygens (including phenoxy) is 1. The predicted molar refractivity (Wildman–Crippen MR) is 50.0 cm³/mol. The van der Waals surface area contributed by atoms with Gasteiger partial charge in [-0.1, -0.05) is 17.1 Å². The van der Waals surface area contributed by atoms with Crippen molar-refractivity contribution in [2.45, 2.75) is 5.75 Å². The molecule has 0 radical (unpaired) electrons. The van der Waals surface area contributed by atoms with Crippen LogP contribution in [0.25, 0.3) is 0 Å². The second kappa shape index (κ2) is 4.25. The molecule has 0 aliphatic rings. The average molecular weight is 200 g/mol. The summed E-state index contributed by atoms with van der Waals surface area (Å²) in [5.74, 6) is 0.486. The lowest BCUT2D eigenvalue weighted by molar-refractivity contribution is 0.416. The minimum absolute atomic E-state index is 0.0172. The lowest BCUT2D eigenvalue weighted by atomic mass is 10.2. The van der Waals surface area contributed by atoms with Gasteiger partial charge in [-0.05, 0) is 17.7 Å². The van der Waals surface area contributed by atoms with E-state index < -0.39 is 11.1 Å². The topological polar surface area (TPSA) is 75.4 Å². The van der Waals surface area contributed by atoms with Gasteiger partial charge < -0.3 is 15.0 Å². The Balaban J connectivity index is 2.92. The van der Waals surface area contributed by atoms with Gasteiger partial charge in [0.1, 0.15) is 5.75 Å². The van der Waals surface area contributed by atoms with E-state index in [0.29, 0.717) is 17.0 Å². The minimum Gasteiger partial charge on any atom is -0.772 e. The highest BCUT2D eigenvalue weighted by atomic mass is 32.2. The molecule has 4 nitrogen and oxygen atoms in total. The molecule has 0 spiro atoms. The van der Waals surface area contributed by atoms with E-state index >= 15 is 0 Å². The minimum atomic E-state index is -2.08. The molecule has 0 aromatic heterocycles. The van der Waals surface area contributed by atoms with Gasteiger partial charge >= 0.3 is 0 Å². The molecule has 0 saturated heterocycles. The number of anilines is 1. The summed E-state index contributed by atoms with van der Waals surface area (Å²) in [7, 11) is 1.49. The maximum atomic E-state index is 10.4. The first kappa shape index (κ1) is 10.0. The highest BCUT2D eigenvalue weighted by Gasteiger charge is 2.00. The molecule has 0 amide bonds. The van der Waals surface area contributed by atoms with Crippen molar-refractivity contribution < 1.29 is 13.5 Å². The molecule has 1 unspecified atom stereocenters. The van der Waals surface area contributed by atoms with Crippen LogP contribution in [0.5, 0.6) is 5.75 Å². The van der Waals surface area contributed by atoms with E-state index in [2.05, 4.69) is 0 Å². The summed E-state index contributed by atoms with van der Waals surface area (Å²) in [6.45, 7) is 0. The van der Waals surface area contributed by atoms with Gasteiger partial charge in [0, 0.05) is 5.75 Å². The summed E-state index contributed by atoms with van der Waals surface area (Å²) in [5, 5.41) is 0. The van der Waals surface area contributed by atoms with Gasteiger partial charge in [-0.2, -0.15) is 0 Å². The quantitative estimate of drug-likeness (QED) is 0.574. The van der Waals surface area contributed by atoms with Gasteiger partial charge in [0.25, 0.3) is 0 Å². The third-order valence-corrected chi connectivity index (χ3v) is 2.15. The number of hydrogen-bond donors (Lipinski definition) is 1. The molecule has 13 heavy (non-hydrogen) atoms. The number of benzene rings is 1. The van der Waals surface area contributed by atoms with Gasteiger partial charge in [-0.25, -0.2) is 0 Å². The van der Waals surface area contributed by atoms with Crippen LogP contribution in [0.15, 0.2) is 18.2 Å². The summed E-state index contributed by atoms with van der Waals surface area (Å²) >= 11 is -2.08. The molecule has 5 heteroatoms. The van der Waals surface area contributed by atoms with Gasteiger partial charge in [0.15, 0.2) is 0 Å². The normalized spacial score (nSPS) is 12.5. The van der Waals surface area contributed by atoms with Crippen LogP contribution in [0.1, 0.15) is 5.56 Å². The van der Waals surface area contributed by atoms with E-state index in [1.54, 1.807) is 18.2 Å². The molecule has 1 aromatic rings. The maximum Gasteiger partial charge on any atom is 0.142 e. The van der Waals surface area contributed by atoms with Crippen molar-refractivity contribution in [1.29, 1.82) is 0 Å². The van der Waals surface area contributed by atoms with E-state index in [4.69, 9.17) is 10.5 Å². The van der Waals surface area contributed by atoms with Crippen molar-refractivity contribution in [1.82, 2.24) is 0 Å². The highest BCUT2D eigenvalue weighted by molar-refractivity contribution is 7.78. The zero-order valence-corrected chi connectivity index (χ0v) is 7.97. The Hall–Kier alpha value is -1.07. The second-order valence-corrected chi connectivity index (χ2v) is 3.42. The third-order valence-electron chi connectivity index (χ3n) is 1.58. The van der Waals surface area contributed by atoms with E-state index in [0.717, 1.165) is 0 Å². The smallest absolute Gasteiger partial charge is 0.142 e. The number of rotatable bonds is 3. The molecule has 1 atom stereocenters. The van der Waals surface area contributed by atoms with E-state index in [1.165, 1.54) is 7.11 Å². The Labute approximate surface area is 79.0 Å². The van der Waals surface area contributed by atoms with Crippen molar-refractivity contribution >= 4 is 16.8 Å². The van der Waals surface area contributed by atoms with Crippen molar-refractivity contribution in [3.8, 4) is 5.75 Å². The molecule has 0 bridgehead atoms. The summed E-state index contributed by atoms with van der Waals surface area (Å²) in [6, 6.07) is 4.90. The van der Waals surface area contributed by atoms with Crippen molar-refractivity contribution in [2.24, 2.45) is 0 Å². The molecular formula is C8H10NO3S-. The van der Waals surface area contributed by atoms with Crippen LogP contribution >= 0.6 is 0 Å². The SMILES string of the molecule is COc1cc(CS(=O)[O-])ccc1N. The summed E-state index contributed by atoms with van der Waals surface area (Å²) in [6.07, 6.45) is 0. The molecule has 0 fully saturated rings. The maximum absolute atomic E-state index is 10.4. The molecule has 72 valence electrons. The monoisotopic (exact) mass is 200 g/mol. The predicted octanol–water partition coefficient (Wildman–Crippen LogP) is 0.657. The van der Waals surface area contributed by atoms with Crippen LogP contribution in [0, 0.1) is 0 Å². The van der Waals surface area contributed by atoms with Crippen molar-refractivity contribution in [3.05, 3.63) is 23.8 Å². The van der Waals surface area contributed by atoms with Crippen LogP contribution in [0.3, 0.4) is 0 Å². The summed E-state index contributed by atoms with van der Waals surface area (Å²) in [5.41, 5.74) is 6.72. The molecule has 2 N–H and O–H groups in total. The zero-order chi connectivity index (χ0) is 9.84. The Kier molecular flexibility index (Phi) is 3.27. The largest absolute Gasteiger partial charge is 0.772 e. The first-order valence-electron chi connectivity index (χ1n) is 3.61. The first-order chi connectivity index (χ1) is 6.13. The summed E-state index contributed by atoms with van der Waals surface area (Å²) in [4.78, 5) is 0. The van der Waals surface area contributed by atoms with Crippen molar-refractivity contribution in [3.63, 3.8) is 0 Å². The fourth-order valence-electron chi connectivity index (χ4n) is 0.981. The van der Waals surface area contributed by atoms with Crippen LogP contribution in [0.2, 0.25) is 0 Å². The first-order valence-corrected chi connectivity index (χ1v) is 4.86. The van der Waals surface area contributed by atoms with Crippen molar-refractivity contribution in [2.75, 3.05) is 12.8 Å². The molecule has 0 saturated carbocycles. The van der Waals surface area contributed by atoms with Crippen LogP contribution in [-0.2, 0) is 16.8 Å². The number of hydrogen-bond acceptors (Lipinski definition) is 4. The number of methoxy groups -OCH3 is 1. The highest BCUT2D eigenvalue weighted by Crippen LogP contribution is 2.22. The molecule has 0 aliphatic carbocycles. The Bertz CT molecular complexity index is 327.